The Morgan fingerprint density at radius 3 is 2.76 bits per heavy atom. The Morgan fingerprint density at radius 2 is 2.12 bits per heavy atom. The first-order valence-electron chi connectivity index (χ1n) is 6.21. The molecule has 0 bridgehead atoms. The van der Waals surface area contributed by atoms with Crippen LogP contribution >= 0.6 is 11.6 Å². The molecule has 1 aliphatic heterocycles. The molecule has 1 saturated heterocycles. The molecular weight excluding hydrogens is 239 g/mol. The second-order valence-electron chi connectivity index (χ2n) is 4.62. The van der Waals surface area contributed by atoms with E-state index in [2.05, 4.69) is 6.92 Å². The Balaban J connectivity index is 1.96. The minimum Gasteiger partial charge on any atom is -0.378 e. The van der Waals surface area contributed by atoms with E-state index in [-0.39, 0.29) is 17.3 Å². The molecule has 0 spiro atoms. The SMILES string of the molecule is CCC1OCCC1C(Cl)Cc1ccc(F)cc1. The molecule has 0 amide bonds. The van der Waals surface area contributed by atoms with E-state index in [0.29, 0.717) is 5.92 Å². The van der Waals surface area contributed by atoms with Gasteiger partial charge in [0.1, 0.15) is 5.82 Å². The van der Waals surface area contributed by atoms with Gasteiger partial charge in [0.05, 0.1) is 6.10 Å². The van der Waals surface area contributed by atoms with E-state index in [4.69, 9.17) is 16.3 Å². The number of halogens is 2. The second kappa shape index (κ2) is 5.83. The summed E-state index contributed by atoms with van der Waals surface area (Å²) in [4.78, 5) is 0. The van der Waals surface area contributed by atoms with Crippen LogP contribution in [0.3, 0.4) is 0 Å². The largest absolute Gasteiger partial charge is 0.378 e. The summed E-state index contributed by atoms with van der Waals surface area (Å²) in [5.74, 6) is 0.224. The van der Waals surface area contributed by atoms with Crippen LogP contribution in [0.15, 0.2) is 24.3 Å². The maximum Gasteiger partial charge on any atom is 0.123 e. The predicted octanol–water partition coefficient (Wildman–Crippen LogP) is 3.79. The van der Waals surface area contributed by atoms with E-state index in [1.165, 1.54) is 12.1 Å². The zero-order valence-corrected chi connectivity index (χ0v) is 10.8. The molecule has 1 aromatic carbocycles. The summed E-state index contributed by atoms with van der Waals surface area (Å²) in [6.45, 7) is 2.94. The van der Waals surface area contributed by atoms with Gasteiger partial charge in [0, 0.05) is 17.9 Å². The molecule has 2 rings (SSSR count). The van der Waals surface area contributed by atoms with Crippen molar-refractivity contribution in [2.45, 2.75) is 37.7 Å². The van der Waals surface area contributed by atoms with Gasteiger partial charge < -0.3 is 4.74 Å². The standard InChI is InChI=1S/C14H18ClFO/c1-2-14-12(7-8-17-14)13(15)9-10-3-5-11(16)6-4-10/h3-6,12-14H,2,7-9H2,1H3. The van der Waals surface area contributed by atoms with Crippen molar-refractivity contribution in [3.8, 4) is 0 Å². The number of alkyl halides is 1. The highest BCUT2D eigenvalue weighted by atomic mass is 35.5. The van der Waals surface area contributed by atoms with E-state index in [9.17, 15) is 4.39 Å². The summed E-state index contributed by atoms with van der Waals surface area (Å²) in [6.07, 6.45) is 3.12. The first-order chi connectivity index (χ1) is 8.20. The van der Waals surface area contributed by atoms with Crippen LogP contribution in [0.2, 0.25) is 0 Å². The third-order valence-electron chi connectivity index (χ3n) is 3.47. The number of benzene rings is 1. The topological polar surface area (TPSA) is 9.23 Å². The van der Waals surface area contributed by atoms with Crippen LogP contribution < -0.4 is 0 Å². The van der Waals surface area contributed by atoms with E-state index in [1.807, 2.05) is 12.1 Å². The van der Waals surface area contributed by atoms with Crippen LogP contribution in [0, 0.1) is 11.7 Å². The fourth-order valence-corrected chi connectivity index (χ4v) is 2.96. The van der Waals surface area contributed by atoms with Gasteiger partial charge in [-0.25, -0.2) is 4.39 Å². The van der Waals surface area contributed by atoms with Crippen molar-refractivity contribution in [1.82, 2.24) is 0 Å². The van der Waals surface area contributed by atoms with Crippen molar-refractivity contribution in [2.24, 2.45) is 5.92 Å². The zero-order valence-electron chi connectivity index (χ0n) is 10.0. The van der Waals surface area contributed by atoms with Crippen molar-refractivity contribution >= 4 is 11.6 Å². The molecule has 0 radical (unpaired) electrons. The molecule has 94 valence electrons. The molecule has 0 saturated carbocycles. The number of ether oxygens (including phenoxy) is 1. The lowest BCUT2D eigenvalue weighted by Gasteiger charge is -2.22. The van der Waals surface area contributed by atoms with E-state index in [0.717, 1.165) is 31.4 Å². The van der Waals surface area contributed by atoms with Crippen LogP contribution in [0.5, 0.6) is 0 Å². The summed E-state index contributed by atoms with van der Waals surface area (Å²) in [5.41, 5.74) is 1.09. The van der Waals surface area contributed by atoms with Gasteiger partial charge in [0.25, 0.3) is 0 Å². The zero-order chi connectivity index (χ0) is 12.3. The lowest BCUT2D eigenvalue weighted by atomic mass is 9.92. The van der Waals surface area contributed by atoms with Crippen molar-refractivity contribution in [2.75, 3.05) is 6.61 Å². The van der Waals surface area contributed by atoms with Gasteiger partial charge in [-0.1, -0.05) is 19.1 Å². The van der Waals surface area contributed by atoms with Gasteiger partial charge in [0.2, 0.25) is 0 Å². The molecule has 0 N–H and O–H groups in total. The third-order valence-corrected chi connectivity index (χ3v) is 3.95. The lowest BCUT2D eigenvalue weighted by molar-refractivity contribution is 0.0865. The molecule has 1 heterocycles. The van der Waals surface area contributed by atoms with E-state index < -0.39 is 0 Å². The molecule has 1 aromatic rings. The molecule has 3 heteroatoms. The second-order valence-corrected chi connectivity index (χ2v) is 5.18. The predicted molar refractivity (Wildman–Crippen MR) is 67.9 cm³/mol. The Hall–Kier alpha value is -0.600. The average molecular weight is 257 g/mol. The van der Waals surface area contributed by atoms with Crippen molar-refractivity contribution < 1.29 is 9.13 Å². The molecule has 17 heavy (non-hydrogen) atoms. The maximum atomic E-state index is 12.8. The highest BCUT2D eigenvalue weighted by molar-refractivity contribution is 6.21. The molecule has 1 aliphatic rings. The maximum absolute atomic E-state index is 12.8. The van der Waals surface area contributed by atoms with Crippen LogP contribution in [0.1, 0.15) is 25.3 Å². The first-order valence-corrected chi connectivity index (χ1v) is 6.64. The Morgan fingerprint density at radius 1 is 1.41 bits per heavy atom. The Labute approximate surface area is 107 Å². The smallest absolute Gasteiger partial charge is 0.123 e. The monoisotopic (exact) mass is 256 g/mol. The van der Waals surface area contributed by atoms with Gasteiger partial charge in [-0.05, 0) is 37.0 Å². The molecule has 0 aliphatic carbocycles. The summed E-state index contributed by atoms with van der Waals surface area (Å²) in [6, 6.07) is 6.59. The van der Waals surface area contributed by atoms with E-state index >= 15 is 0 Å². The van der Waals surface area contributed by atoms with Crippen molar-refractivity contribution in [3.05, 3.63) is 35.6 Å². The van der Waals surface area contributed by atoms with Crippen LogP contribution in [0.25, 0.3) is 0 Å². The van der Waals surface area contributed by atoms with Crippen LogP contribution in [-0.2, 0) is 11.2 Å². The summed E-state index contributed by atoms with van der Waals surface area (Å²) in [7, 11) is 0. The Bertz CT molecular complexity index is 352. The first kappa shape index (κ1) is 12.8. The summed E-state index contributed by atoms with van der Waals surface area (Å²) < 4.78 is 18.4. The molecular formula is C14H18ClFO. The Kier molecular flexibility index (Phi) is 4.41. The number of hydrogen-bond acceptors (Lipinski definition) is 1. The molecule has 3 atom stereocenters. The quantitative estimate of drug-likeness (QED) is 0.745. The minimum atomic E-state index is -0.199. The highest BCUT2D eigenvalue weighted by Gasteiger charge is 2.32. The van der Waals surface area contributed by atoms with Crippen LogP contribution in [0.4, 0.5) is 4.39 Å². The lowest BCUT2D eigenvalue weighted by Crippen LogP contribution is -2.25. The fraction of sp³-hybridized carbons (Fsp3) is 0.571. The molecule has 3 unspecified atom stereocenters. The average Bonchev–Trinajstić information content (AvgIpc) is 2.80. The van der Waals surface area contributed by atoms with Gasteiger partial charge in [-0.3, -0.25) is 0 Å². The van der Waals surface area contributed by atoms with E-state index in [1.54, 1.807) is 0 Å². The fourth-order valence-electron chi connectivity index (χ4n) is 2.50. The highest BCUT2D eigenvalue weighted by Crippen LogP contribution is 2.31. The van der Waals surface area contributed by atoms with Gasteiger partial charge in [0.15, 0.2) is 0 Å². The minimum absolute atomic E-state index is 0.0768. The summed E-state index contributed by atoms with van der Waals surface area (Å²) in [5, 5.41) is 0.0768. The normalized spacial score (nSPS) is 26.1. The van der Waals surface area contributed by atoms with Crippen molar-refractivity contribution in [1.29, 1.82) is 0 Å². The molecule has 1 nitrogen and oxygen atoms in total. The summed E-state index contributed by atoms with van der Waals surface area (Å²) >= 11 is 6.46. The van der Waals surface area contributed by atoms with Gasteiger partial charge >= 0.3 is 0 Å². The molecule has 0 aromatic heterocycles. The number of rotatable bonds is 4. The van der Waals surface area contributed by atoms with Crippen molar-refractivity contribution in [3.63, 3.8) is 0 Å². The number of hydrogen-bond donors (Lipinski definition) is 0. The van der Waals surface area contributed by atoms with Crippen LogP contribution in [-0.4, -0.2) is 18.1 Å². The third kappa shape index (κ3) is 3.20. The van der Waals surface area contributed by atoms with Gasteiger partial charge in [-0.15, -0.1) is 11.6 Å². The molecule has 1 fully saturated rings. The van der Waals surface area contributed by atoms with Gasteiger partial charge in [-0.2, -0.15) is 0 Å².